The fourth-order valence-electron chi connectivity index (χ4n) is 2.35. The van der Waals surface area contributed by atoms with Crippen LogP contribution in [-0.2, 0) is 0 Å². The van der Waals surface area contributed by atoms with Crippen molar-refractivity contribution in [2.75, 3.05) is 6.26 Å². The maximum absolute atomic E-state index is 12.7. The largest absolute Gasteiger partial charge is 0.351 e. The lowest BCUT2D eigenvalue weighted by Crippen LogP contribution is -2.12. The standard InChI is InChI=1S/C16H11ClN4OS/c1-23-16(19-8-18)20-12-7-3-5-10-14(12)21-13-9(15(10)22)4-2-6-11(13)17/h2-7H,1H3,(H,19,20)(H,21,22). The molecule has 0 unspecified atom stereocenters. The zero-order valence-electron chi connectivity index (χ0n) is 12.1. The number of aliphatic imine (C=N–C) groups is 1. The Morgan fingerprint density at radius 3 is 2.65 bits per heavy atom. The fourth-order valence-corrected chi connectivity index (χ4v) is 2.91. The number of rotatable bonds is 1. The molecule has 1 heterocycles. The number of pyridine rings is 1. The number of hydrogen-bond acceptors (Lipinski definition) is 4. The van der Waals surface area contributed by atoms with E-state index in [1.165, 1.54) is 11.8 Å². The number of aromatic amines is 1. The number of fused-ring (bicyclic) bond motifs is 2. The number of amidine groups is 1. The molecule has 0 radical (unpaired) electrons. The van der Waals surface area contributed by atoms with Crippen LogP contribution in [-0.4, -0.2) is 16.4 Å². The molecule has 0 saturated carbocycles. The molecule has 0 fully saturated rings. The van der Waals surface area contributed by atoms with Crippen LogP contribution in [0.4, 0.5) is 5.69 Å². The highest BCUT2D eigenvalue weighted by molar-refractivity contribution is 8.13. The van der Waals surface area contributed by atoms with Crippen molar-refractivity contribution >= 4 is 56.0 Å². The third-order valence-corrected chi connectivity index (χ3v) is 4.27. The van der Waals surface area contributed by atoms with Crippen molar-refractivity contribution in [1.29, 1.82) is 5.26 Å². The minimum absolute atomic E-state index is 0.104. The maximum atomic E-state index is 12.7. The number of thioether (sulfide) groups is 1. The Kier molecular flexibility index (Phi) is 4.24. The summed E-state index contributed by atoms with van der Waals surface area (Å²) in [4.78, 5) is 20.3. The summed E-state index contributed by atoms with van der Waals surface area (Å²) >= 11 is 7.51. The lowest BCUT2D eigenvalue weighted by molar-refractivity contribution is 1.28. The molecule has 0 bridgehead atoms. The molecule has 0 saturated heterocycles. The summed E-state index contributed by atoms with van der Waals surface area (Å²) in [5.41, 5.74) is 1.62. The first kappa shape index (κ1) is 15.4. The van der Waals surface area contributed by atoms with Gasteiger partial charge in [-0.05, 0) is 30.5 Å². The lowest BCUT2D eigenvalue weighted by atomic mass is 10.1. The molecule has 7 heteroatoms. The zero-order chi connectivity index (χ0) is 16.4. The summed E-state index contributed by atoms with van der Waals surface area (Å²) in [6.45, 7) is 0. The summed E-state index contributed by atoms with van der Waals surface area (Å²) in [6.07, 6.45) is 3.65. The highest BCUT2D eigenvalue weighted by atomic mass is 35.5. The van der Waals surface area contributed by atoms with E-state index in [1.54, 1.807) is 36.4 Å². The molecule has 3 aromatic rings. The van der Waals surface area contributed by atoms with Crippen LogP contribution in [0.15, 0.2) is 46.2 Å². The molecule has 2 aromatic carbocycles. The first-order valence-corrected chi connectivity index (χ1v) is 8.27. The van der Waals surface area contributed by atoms with Gasteiger partial charge in [-0.2, -0.15) is 5.26 Å². The number of nitrogens with zero attached hydrogens (tertiary/aromatic N) is 2. The second kappa shape index (κ2) is 6.32. The molecule has 1 aromatic heterocycles. The zero-order valence-corrected chi connectivity index (χ0v) is 13.6. The van der Waals surface area contributed by atoms with Gasteiger partial charge >= 0.3 is 0 Å². The Bertz CT molecular complexity index is 1040. The van der Waals surface area contributed by atoms with Gasteiger partial charge in [-0.15, -0.1) is 0 Å². The number of halogens is 1. The molecule has 3 rings (SSSR count). The van der Waals surface area contributed by atoms with Crippen LogP contribution in [0.5, 0.6) is 0 Å². The van der Waals surface area contributed by atoms with E-state index in [1.807, 2.05) is 12.4 Å². The van der Waals surface area contributed by atoms with Crippen molar-refractivity contribution in [3.8, 4) is 6.19 Å². The average molecular weight is 343 g/mol. The molecule has 5 nitrogen and oxygen atoms in total. The van der Waals surface area contributed by atoms with Crippen molar-refractivity contribution in [3.05, 3.63) is 51.6 Å². The molecule has 114 valence electrons. The van der Waals surface area contributed by atoms with Gasteiger partial charge in [0.25, 0.3) is 0 Å². The van der Waals surface area contributed by atoms with E-state index in [0.29, 0.717) is 37.7 Å². The van der Waals surface area contributed by atoms with E-state index in [2.05, 4.69) is 15.3 Å². The topological polar surface area (TPSA) is 81.0 Å². The molecule has 0 aliphatic rings. The van der Waals surface area contributed by atoms with Gasteiger partial charge < -0.3 is 4.98 Å². The number of para-hydroxylation sites is 2. The molecule has 0 aliphatic carbocycles. The highest BCUT2D eigenvalue weighted by Crippen LogP contribution is 2.27. The number of benzene rings is 2. The van der Waals surface area contributed by atoms with Crippen molar-refractivity contribution < 1.29 is 0 Å². The first-order chi connectivity index (χ1) is 11.2. The summed E-state index contributed by atoms with van der Waals surface area (Å²) in [6, 6.07) is 10.5. The van der Waals surface area contributed by atoms with E-state index in [9.17, 15) is 4.79 Å². The predicted octanol–water partition coefficient (Wildman–Crippen LogP) is 3.76. The lowest BCUT2D eigenvalue weighted by Gasteiger charge is -2.07. The smallest absolute Gasteiger partial charge is 0.197 e. The van der Waals surface area contributed by atoms with Gasteiger partial charge in [0.1, 0.15) is 0 Å². The number of nitrogens with one attached hydrogen (secondary N) is 2. The predicted molar refractivity (Wildman–Crippen MR) is 96.4 cm³/mol. The fraction of sp³-hybridized carbons (Fsp3) is 0.0625. The molecule has 0 amide bonds. The van der Waals surface area contributed by atoms with Gasteiger partial charge in [0.15, 0.2) is 16.8 Å². The highest BCUT2D eigenvalue weighted by Gasteiger charge is 2.10. The van der Waals surface area contributed by atoms with Gasteiger partial charge in [-0.1, -0.05) is 35.5 Å². The Hall–Kier alpha value is -2.49. The van der Waals surface area contributed by atoms with Crippen molar-refractivity contribution in [1.82, 2.24) is 10.3 Å². The molecular formula is C16H11ClN4OS. The van der Waals surface area contributed by atoms with Crippen molar-refractivity contribution in [3.63, 3.8) is 0 Å². The van der Waals surface area contributed by atoms with Gasteiger partial charge in [-0.3, -0.25) is 10.1 Å². The number of aromatic nitrogens is 1. The van der Waals surface area contributed by atoms with Gasteiger partial charge in [0, 0.05) is 10.8 Å². The second-order valence-electron chi connectivity index (χ2n) is 4.67. The minimum Gasteiger partial charge on any atom is -0.351 e. The third-order valence-electron chi connectivity index (χ3n) is 3.37. The van der Waals surface area contributed by atoms with Crippen LogP contribution in [0, 0.1) is 11.5 Å². The Balaban J connectivity index is 2.38. The minimum atomic E-state index is -0.104. The number of hydrogen-bond donors (Lipinski definition) is 2. The van der Waals surface area contributed by atoms with E-state index in [4.69, 9.17) is 16.9 Å². The normalized spacial score (nSPS) is 11.6. The van der Waals surface area contributed by atoms with E-state index in [-0.39, 0.29) is 5.43 Å². The quantitative estimate of drug-likeness (QED) is 0.232. The monoisotopic (exact) mass is 342 g/mol. The van der Waals surface area contributed by atoms with Crippen LogP contribution >= 0.6 is 23.4 Å². The van der Waals surface area contributed by atoms with Gasteiger partial charge in [0.2, 0.25) is 0 Å². The van der Waals surface area contributed by atoms with Crippen LogP contribution in [0.2, 0.25) is 5.02 Å². The van der Waals surface area contributed by atoms with Crippen molar-refractivity contribution in [2.24, 2.45) is 4.99 Å². The maximum Gasteiger partial charge on any atom is 0.197 e. The Labute approximate surface area is 141 Å². The Morgan fingerprint density at radius 2 is 1.96 bits per heavy atom. The molecular weight excluding hydrogens is 332 g/mol. The summed E-state index contributed by atoms with van der Waals surface area (Å²) in [5.74, 6) is 0. The van der Waals surface area contributed by atoms with Crippen molar-refractivity contribution in [2.45, 2.75) is 0 Å². The summed E-state index contributed by atoms with van der Waals surface area (Å²) in [7, 11) is 0. The molecule has 0 spiro atoms. The molecule has 0 atom stereocenters. The molecule has 23 heavy (non-hydrogen) atoms. The molecule has 0 aliphatic heterocycles. The van der Waals surface area contributed by atoms with Crippen LogP contribution in [0.3, 0.4) is 0 Å². The SMILES string of the molecule is CSC(=Nc1cccc2c(=O)c3cccc(Cl)c3[nH]c12)NC#N. The number of H-pyrrole nitrogens is 1. The number of nitriles is 1. The van der Waals surface area contributed by atoms with Crippen LogP contribution in [0.25, 0.3) is 21.8 Å². The first-order valence-electron chi connectivity index (χ1n) is 6.66. The Morgan fingerprint density at radius 1 is 1.26 bits per heavy atom. The second-order valence-corrected chi connectivity index (χ2v) is 5.88. The van der Waals surface area contributed by atoms with E-state index < -0.39 is 0 Å². The summed E-state index contributed by atoms with van der Waals surface area (Å²) in [5, 5.41) is 13.2. The van der Waals surface area contributed by atoms with Crippen LogP contribution in [0.1, 0.15) is 0 Å². The van der Waals surface area contributed by atoms with E-state index >= 15 is 0 Å². The van der Waals surface area contributed by atoms with E-state index in [0.717, 1.165) is 0 Å². The molecule has 2 N–H and O–H groups in total. The average Bonchev–Trinajstić information content (AvgIpc) is 2.56. The summed E-state index contributed by atoms with van der Waals surface area (Å²) < 4.78 is 0. The van der Waals surface area contributed by atoms with Gasteiger partial charge in [0.05, 0.1) is 21.7 Å². The van der Waals surface area contributed by atoms with Gasteiger partial charge in [-0.25, -0.2) is 4.99 Å². The third kappa shape index (κ3) is 2.77. The van der Waals surface area contributed by atoms with Crippen LogP contribution < -0.4 is 10.7 Å².